The maximum Gasteiger partial charge on any atom is 0.227 e. The second-order valence-corrected chi connectivity index (χ2v) is 7.42. The number of carbonyl (C=O) groups is 1. The first-order chi connectivity index (χ1) is 12.7. The van der Waals surface area contributed by atoms with E-state index in [1.807, 2.05) is 47.4 Å². The third kappa shape index (κ3) is 4.79. The molecule has 1 amide bonds. The molecule has 2 aliphatic rings. The molecule has 1 N–H and O–H groups in total. The number of carbonyl (C=O) groups excluding carboxylic acids is 1. The number of benzene rings is 1. The first-order valence-corrected chi connectivity index (χ1v) is 9.33. The van der Waals surface area contributed by atoms with Crippen LogP contribution >= 0.6 is 12.4 Å². The monoisotopic (exact) mass is 387 g/mol. The van der Waals surface area contributed by atoms with Crippen molar-refractivity contribution in [2.24, 2.45) is 5.41 Å². The van der Waals surface area contributed by atoms with E-state index >= 15 is 0 Å². The van der Waals surface area contributed by atoms with Gasteiger partial charge in [0.15, 0.2) is 0 Å². The van der Waals surface area contributed by atoms with Crippen LogP contribution in [0.4, 0.5) is 0 Å². The molecule has 0 saturated carbocycles. The minimum Gasteiger partial charge on any atom is -0.487 e. The summed E-state index contributed by atoms with van der Waals surface area (Å²) in [4.78, 5) is 18.9. The number of pyridine rings is 1. The fourth-order valence-electron chi connectivity index (χ4n) is 3.92. The lowest BCUT2D eigenvalue weighted by molar-refractivity contribution is -0.129. The molecule has 1 aromatic heterocycles. The normalized spacial score (nSPS) is 21.3. The Morgan fingerprint density at radius 2 is 2.04 bits per heavy atom. The third-order valence-electron chi connectivity index (χ3n) is 5.51. The molecule has 0 radical (unpaired) electrons. The van der Waals surface area contributed by atoms with Crippen molar-refractivity contribution in [3.63, 3.8) is 0 Å². The Morgan fingerprint density at radius 1 is 1.19 bits per heavy atom. The maximum absolute atomic E-state index is 12.6. The summed E-state index contributed by atoms with van der Waals surface area (Å²) in [7, 11) is 0. The third-order valence-corrected chi connectivity index (χ3v) is 5.51. The summed E-state index contributed by atoms with van der Waals surface area (Å²) in [6.45, 7) is 4.39. The fraction of sp³-hybridized carbons (Fsp3) is 0.429. The van der Waals surface area contributed by atoms with E-state index < -0.39 is 0 Å². The van der Waals surface area contributed by atoms with Crippen molar-refractivity contribution in [1.29, 1.82) is 0 Å². The molecule has 0 bridgehead atoms. The van der Waals surface area contributed by atoms with Crippen molar-refractivity contribution >= 4 is 18.3 Å². The summed E-state index contributed by atoms with van der Waals surface area (Å²) in [6.07, 6.45) is 4.55. The van der Waals surface area contributed by atoms with Gasteiger partial charge >= 0.3 is 0 Å². The zero-order valence-electron chi connectivity index (χ0n) is 15.4. The highest BCUT2D eigenvalue weighted by atomic mass is 35.5. The molecule has 1 aromatic carbocycles. The number of ether oxygens (including phenoxy) is 1. The smallest absolute Gasteiger partial charge is 0.227 e. The zero-order valence-corrected chi connectivity index (χ0v) is 16.2. The number of hydrogen-bond donors (Lipinski definition) is 1. The predicted molar refractivity (Wildman–Crippen MR) is 107 cm³/mol. The standard InChI is InChI=1S/C21H25N3O2.ClH/c25-20(24-12-9-21(16-24)8-11-22-15-21)13-17-4-6-19(7-5-17)26-14-18-3-1-2-10-23-18;/h1-7,10,22H,8-9,11-16H2;1H. The van der Waals surface area contributed by atoms with Crippen molar-refractivity contribution in [2.75, 3.05) is 26.2 Å². The van der Waals surface area contributed by atoms with Crippen LogP contribution < -0.4 is 10.1 Å². The minimum absolute atomic E-state index is 0. The van der Waals surface area contributed by atoms with Crippen LogP contribution in [0.15, 0.2) is 48.7 Å². The van der Waals surface area contributed by atoms with Crippen molar-refractivity contribution in [3.8, 4) is 5.75 Å². The molecule has 1 spiro atoms. The van der Waals surface area contributed by atoms with Crippen molar-refractivity contribution in [1.82, 2.24) is 15.2 Å². The quantitative estimate of drug-likeness (QED) is 0.857. The summed E-state index contributed by atoms with van der Waals surface area (Å²) in [6, 6.07) is 13.6. The molecule has 2 aromatic rings. The Kier molecular flexibility index (Phi) is 6.34. The molecular weight excluding hydrogens is 362 g/mol. The molecule has 144 valence electrons. The summed E-state index contributed by atoms with van der Waals surface area (Å²) in [5, 5.41) is 3.44. The van der Waals surface area contributed by atoms with Gasteiger partial charge in [-0.15, -0.1) is 12.4 Å². The largest absolute Gasteiger partial charge is 0.487 e. The van der Waals surface area contributed by atoms with E-state index in [4.69, 9.17) is 4.74 Å². The number of nitrogens with zero attached hydrogens (tertiary/aromatic N) is 2. The highest BCUT2D eigenvalue weighted by Crippen LogP contribution is 2.36. The number of aromatic nitrogens is 1. The van der Waals surface area contributed by atoms with Gasteiger partial charge in [0.1, 0.15) is 12.4 Å². The maximum atomic E-state index is 12.6. The van der Waals surface area contributed by atoms with E-state index in [0.29, 0.717) is 18.4 Å². The Morgan fingerprint density at radius 3 is 2.74 bits per heavy atom. The van der Waals surface area contributed by atoms with Gasteiger partial charge < -0.3 is 15.0 Å². The molecule has 4 rings (SSSR count). The van der Waals surface area contributed by atoms with Gasteiger partial charge in [-0.3, -0.25) is 9.78 Å². The lowest BCUT2D eigenvalue weighted by Crippen LogP contribution is -2.34. The Hall–Kier alpha value is -2.11. The summed E-state index contributed by atoms with van der Waals surface area (Å²) in [5.74, 6) is 1.03. The van der Waals surface area contributed by atoms with Gasteiger partial charge in [0, 0.05) is 31.2 Å². The van der Waals surface area contributed by atoms with Gasteiger partial charge in [-0.2, -0.15) is 0 Å². The number of amides is 1. The molecule has 5 nitrogen and oxygen atoms in total. The van der Waals surface area contributed by atoms with Crippen LogP contribution in [-0.2, 0) is 17.8 Å². The van der Waals surface area contributed by atoms with E-state index in [9.17, 15) is 4.79 Å². The van der Waals surface area contributed by atoms with Crippen molar-refractivity contribution < 1.29 is 9.53 Å². The van der Waals surface area contributed by atoms with Gasteiger partial charge in [0.25, 0.3) is 0 Å². The van der Waals surface area contributed by atoms with Crippen molar-refractivity contribution in [2.45, 2.75) is 25.9 Å². The molecule has 27 heavy (non-hydrogen) atoms. The average Bonchev–Trinajstić information content (AvgIpc) is 3.32. The van der Waals surface area contributed by atoms with E-state index in [1.165, 1.54) is 6.42 Å². The molecule has 2 fully saturated rings. The van der Waals surface area contributed by atoms with Crippen LogP contribution in [0.25, 0.3) is 0 Å². The van der Waals surface area contributed by atoms with Crippen LogP contribution in [0, 0.1) is 5.41 Å². The number of halogens is 1. The molecule has 3 heterocycles. The predicted octanol–water partition coefficient (Wildman–Crippen LogP) is 2.84. The highest BCUT2D eigenvalue weighted by Gasteiger charge is 2.41. The summed E-state index contributed by atoms with van der Waals surface area (Å²) >= 11 is 0. The van der Waals surface area contributed by atoms with E-state index in [-0.39, 0.29) is 18.3 Å². The second-order valence-electron chi connectivity index (χ2n) is 7.42. The number of likely N-dealkylation sites (tertiary alicyclic amines) is 1. The molecular formula is C21H26ClN3O2. The molecule has 1 unspecified atom stereocenters. The molecule has 1 atom stereocenters. The van der Waals surface area contributed by atoms with E-state index in [0.717, 1.165) is 49.6 Å². The van der Waals surface area contributed by atoms with Gasteiger partial charge in [0.2, 0.25) is 5.91 Å². The summed E-state index contributed by atoms with van der Waals surface area (Å²) < 4.78 is 5.75. The van der Waals surface area contributed by atoms with Gasteiger partial charge in [0.05, 0.1) is 12.1 Å². The first kappa shape index (κ1) is 19.6. The summed E-state index contributed by atoms with van der Waals surface area (Å²) in [5.41, 5.74) is 2.26. The van der Waals surface area contributed by atoms with Gasteiger partial charge in [-0.1, -0.05) is 18.2 Å². The second kappa shape index (κ2) is 8.72. The topological polar surface area (TPSA) is 54.5 Å². The van der Waals surface area contributed by atoms with Crippen LogP contribution in [0.3, 0.4) is 0 Å². The number of rotatable bonds is 5. The first-order valence-electron chi connectivity index (χ1n) is 9.33. The van der Waals surface area contributed by atoms with E-state index in [1.54, 1.807) is 6.20 Å². The minimum atomic E-state index is 0. The van der Waals surface area contributed by atoms with Crippen LogP contribution in [0.2, 0.25) is 0 Å². The van der Waals surface area contributed by atoms with Crippen LogP contribution in [-0.4, -0.2) is 42.0 Å². The molecule has 2 aliphatic heterocycles. The van der Waals surface area contributed by atoms with E-state index in [2.05, 4.69) is 10.3 Å². The number of nitrogens with one attached hydrogen (secondary N) is 1. The Bertz CT molecular complexity index is 746. The molecule has 0 aliphatic carbocycles. The Balaban J connectivity index is 0.00000210. The molecule has 6 heteroatoms. The van der Waals surface area contributed by atoms with Gasteiger partial charge in [-0.05, 0) is 49.2 Å². The molecule has 2 saturated heterocycles. The van der Waals surface area contributed by atoms with Crippen LogP contribution in [0.1, 0.15) is 24.1 Å². The van der Waals surface area contributed by atoms with Crippen molar-refractivity contribution in [3.05, 3.63) is 59.9 Å². The zero-order chi connectivity index (χ0) is 17.8. The Labute approximate surface area is 166 Å². The highest BCUT2D eigenvalue weighted by molar-refractivity contribution is 5.85. The lowest BCUT2D eigenvalue weighted by Gasteiger charge is -2.22. The van der Waals surface area contributed by atoms with Gasteiger partial charge in [-0.25, -0.2) is 0 Å². The van der Waals surface area contributed by atoms with Crippen LogP contribution in [0.5, 0.6) is 5.75 Å². The fourth-order valence-corrected chi connectivity index (χ4v) is 3.92. The average molecular weight is 388 g/mol. The lowest BCUT2D eigenvalue weighted by atomic mass is 9.86. The SMILES string of the molecule is Cl.O=C(Cc1ccc(OCc2ccccn2)cc1)N1CCC2(CCNC2)C1. The number of hydrogen-bond acceptors (Lipinski definition) is 4.